The van der Waals surface area contributed by atoms with Crippen LogP contribution in [0.25, 0.3) is 0 Å². The van der Waals surface area contributed by atoms with Crippen molar-refractivity contribution in [3.05, 3.63) is 41.8 Å². The first-order valence-corrected chi connectivity index (χ1v) is 11.3. The van der Waals surface area contributed by atoms with Crippen LogP contribution in [0.4, 0.5) is 0 Å². The third-order valence-electron chi connectivity index (χ3n) is 6.82. The van der Waals surface area contributed by atoms with E-state index in [-0.39, 0.29) is 18.1 Å². The normalized spacial score (nSPS) is 19.3. The third kappa shape index (κ3) is 4.87. The molecular weight excluding hydrogens is 394 g/mol. The minimum absolute atomic E-state index is 0.121. The smallest absolute Gasteiger partial charge is 0.258 e. The zero-order valence-corrected chi connectivity index (χ0v) is 18.8. The van der Waals surface area contributed by atoms with Gasteiger partial charge in [0.05, 0.1) is 18.7 Å². The van der Waals surface area contributed by atoms with E-state index in [1.165, 1.54) is 31.9 Å². The van der Waals surface area contributed by atoms with Crippen molar-refractivity contribution in [2.24, 2.45) is 0 Å². The molecule has 0 bridgehead atoms. The fraction of sp³-hybridized carbons (Fsp3) is 0.583. The molecule has 31 heavy (non-hydrogen) atoms. The van der Waals surface area contributed by atoms with Crippen LogP contribution in [0.3, 0.4) is 0 Å². The average Bonchev–Trinajstić information content (AvgIpc) is 3.53. The first kappa shape index (κ1) is 21.7. The van der Waals surface area contributed by atoms with Gasteiger partial charge in [-0.3, -0.25) is 4.79 Å². The Morgan fingerprint density at radius 3 is 2.58 bits per heavy atom. The summed E-state index contributed by atoms with van der Waals surface area (Å²) in [6.45, 7) is 4.06. The van der Waals surface area contributed by atoms with E-state index in [4.69, 9.17) is 14.0 Å². The monoisotopic (exact) mass is 427 g/mol. The Balaban J connectivity index is 1.46. The van der Waals surface area contributed by atoms with E-state index >= 15 is 0 Å². The Labute approximate surface area is 184 Å². The number of hydrogen-bond acceptors (Lipinski definition) is 6. The van der Waals surface area contributed by atoms with Gasteiger partial charge in [0.2, 0.25) is 0 Å². The Hall–Kier alpha value is -2.54. The first-order valence-electron chi connectivity index (χ1n) is 11.3. The van der Waals surface area contributed by atoms with Crippen molar-refractivity contribution in [3.63, 3.8) is 0 Å². The quantitative estimate of drug-likeness (QED) is 0.656. The topological polar surface area (TPSA) is 68.0 Å². The maximum atomic E-state index is 13.4. The maximum absolute atomic E-state index is 13.4. The van der Waals surface area contributed by atoms with Crippen LogP contribution in [0.15, 0.2) is 35.1 Å². The summed E-state index contributed by atoms with van der Waals surface area (Å²) in [5.74, 6) is 1.12. The molecule has 2 fully saturated rings. The van der Waals surface area contributed by atoms with Crippen molar-refractivity contribution in [2.45, 2.75) is 63.6 Å². The lowest BCUT2D eigenvalue weighted by Gasteiger charge is -2.36. The van der Waals surface area contributed by atoms with E-state index in [1.54, 1.807) is 31.2 Å². The largest absolute Gasteiger partial charge is 0.497 e. The number of methoxy groups -OCH3 is 1. The molecule has 1 aromatic carbocycles. The van der Waals surface area contributed by atoms with Gasteiger partial charge in [0.1, 0.15) is 29.6 Å². The summed E-state index contributed by atoms with van der Waals surface area (Å²) in [7, 11) is 3.37. The summed E-state index contributed by atoms with van der Waals surface area (Å²) in [6.07, 6.45) is 9.00. The van der Waals surface area contributed by atoms with Gasteiger partial charge < -0.3 is 23.8 Å². The van der Waals surface area contributed by atoms with E-state index in [0.29, 0.717) is 22.8 Å². The molecule has 1 saturated carbocycles. The zero-order valence-electron chi connectivity index (χ0n) is 18.8. The number of likely N-dealkylation sites (tertiary alicyclic amines) is 1. The Morgan fingerprint density at radius 2 is 1.94 bits per heavy atom. The molecule has 7 nitrogen and oxygen atoms in total. The molecule has 0 unspecified atom stereocenters. The summed E-state index contributed by atoms with van der Waals surface area (Å²) in [4.78, 5) is 17.6. The van der Waals surface area contributed by atoms with Gasteiger partial charge in [-0.15, -0.1) is 0 Å². The van der Waals surface area contributed by atoms with Crippen LogP contribution in [-0.2, 0) is 0 Å². The standard InChI is InChI=1S/C24H33N3O4/c1-17(22-12-15-30-25-22)26(2)24(28)21-16-20(29-3)8-9-23(21)31-19-10-13-27(14-11-19)18-6-4-5-7-18/h8-9,12,15-19H,4-7,10-11,13-14H2,1-3H3/t17-/m0/s1. The second-order valence-corrected chi connectivity index (χ2v) is 8.67. The number of amides is 1. The van der Waals surface area contributed by atoms with Gasteiger partial charge in [-0.25, -0.2) is 0 Å². The molecule has 0 N–H and O–H groups in total. The molecule has 1 atom stereocenters. The summed E-state index contributed by atoms with van der Waals surface area (Å²) in [5.41, 5.74) is 1.22. The highest BCUT2D eigenvalue weighted by Crippen LogP contribution is 2.31. The van der Waals surface area contributed by atoms with Crippen molar-refractivity contribution >= 4 is 5.91 Å². The second-order valence-electron chi connectivity index (χ2n) is 8.67. The van der Waals surface area contributed by atoms with Crippen molar-refractivity contribution in [1.82, 2.24) is 15.0 Å². The van der Waals surface area contributed by atoms with Crippen LogP contribution < -0.4 is 9.47 Å². The van der Waals surface area contributed by atoms with Crippen molar-refractivity contribution in [3.8, 4) is 11.5 Å². The van der Waals surface area contributed by atoms with Crippen LogP contribution in [0, 0.1) is 0 Å². The number of nitrogens with zero attached hydrogens (tertiary/aromatic N) is 3. The molecule has 0 radical (unpaired) electrons. The lowest BCUT2D eigenvalue weighted by molar-refractivity contribution is 0.0683. The molecule has 2 heterocycles. The van der Waals surface area contributed by atoms with Gasteiger partial charge in [0, 0.05) is 32.2 Å². The predicted molar refractivity (Wildman–Crippen MR) is 117 cm³/mol. The van der Waals surface area contributed by atoms with Crippen molar-refractivity contribution < 1.29 is 18.8 Å². The number of carbonyl (C=O) groups excluding carboxylic acids is 1. The van der Waals surface area contributed by atoms with Crippen LogP contribution in [-0.4, -0.2) is 60.3 Å². The number of ether oxygens (including phenoxy) is 2. The summed E-state index contributed by atoms with van der Waals surface area (Å²) < 4.78 is 16.7. The van der Waals surface area contributed by atoms with Gasteiger partial charge >= 0.3 is 0 Å². The highest BCUT2D eigenvalue weighted by molar-refractivity contribution is 5.97. The van der Waals surface area contributed by atoms with Gasteiger partial charge in [-0.05, 0) is 50.8 Å². The van der Waals surface area contributed by atoms with Gasteiger partial charge in [-0.1, -0.05) is 18.0 Å². The van der Waals surface area contributed by atoms with Crippen LogP contribution in [0.5, 0.6) is 11.5 Å². The molecule has 0 spiro atoms. The van der Waals surface area contributed by atoms with Crippen LogP contribution in [0.2, 0.25) is 0 Å². The minimum Gasteiger partial charge on any atom is -0.497 e. The summed E-state index contributed by atoms with van der Waals surface area (Å²) in [5, 5.41) is 3.97. The molecule has 1 aliphatic carbocycles. The SMILES string of the molecule is COc1ccc(OC2CCN(C3CCCC3)CC2)c(C(=O)N(C)[C@@H](C)c2ccon2)c1. The minimum atomic E-state index is -0.222. The van der Waals surface area contributed by atoms with Crippen LogP contribution >= 0.6 is 0 Å². The highest BCUT2D eigenvalue weighted by Gasteiger charge is 2.29. The molecule has 168 valence electrons. The zero-order chi connectivity index (χ0) is 21.8. The molecule has 2 aliphatic rings. The lowest BCUT2D eigenvalue weighted by atomic mass is 10.0. The number of rotatable bonds is 7. The summed E-state index contributed by atoms with van der Waals surface area (Å²) >= 11 is 0. The Morgan fingerprint density at radius 1 is 1.19 bits per heavy atom. The average molecular weight is 428 g/mol. The fourth-order valence-electron chi connectivity index (χ4n) is 4.72. The first-order chi connectivity index (χ1) is 15.1. The Kier molecular flexibility index (Phi) is 6.80. The number of piperidine rings is 1. The van der Waals surface area contributed by atoms with E-state index in [9.17, 15) is 4.79 Å². The maximum Gasteiger partial charge on any atom is 0.258 e. The van der Waals surface area contributed by atoms with Gasteiger partial charge in [-0.2, -0.15) is 0 Å². The Bertz CT molecular complexity index is 856. The van der Waals surface area contributed by atoms with Crippen molar-refractivity contribution in [2.75, 3.05) is 27.2 Å². The number of carbonyl (C=O) groups is 1. The predicted octanol–water partition coefficient (Wildman–Crippen LogP) is 4.30. The molecule has 1 aromatic heterocycles. The lowest BCUT2D eigenvalue weighted by Crippen LogP contribution is -2.43. The highest BCUT2D eigenvalue weighted by atomic mass is 16.5. The molecule has 2 aromatic rings. The summed E-state index contributed by atoms with van der Waals surface area (Å²) in [6, 6.07) is 7.77. The molecule has 7 heteroatoms. The van der Waals surface area contributed by atoms with E-state index in [2.05, 4.69) is 10.1 Å². The third-order valence-corrected chi connectivity index (χ3v) is 6.82. The van der Waals surface area contributed by atoms with E-state index in [0.717, 1.165) is 32.0 Å². The molecular formula is C24H33N3O4. The fourth-order valence-corrected chi connectivity index (χ4v) is 4.72. The van der Waals surface area contributed by atoms with Crippen molar-refractivity contribution in [1.29, 1.82) is 0 Å². The molecule has 1 aliphatic heterocycles. The molecule has 4 rings (SSSR count). The number of benzene rings is 1. The number of hydrogen-bond donors (Lipinski definition) is 0. The van der Waals surface area contributed by atoms with Crippen LogP contribution in [0.1, 0.15) is 67.5 Å². The number of aromatic nitrogens is 1. The van der Waals surface area contributed by atoms with E-state index in [1.807, 2.05) is 19.1 Å². The van der Waals surface area contributed by atoms with E-state index < -0.39 is 0 Å². The van der Waals surface area contributed by atoms with Gasteiger partial charge in [0.15, 0.2) is 0 Å². The molecule has 1 amide bonds. The molecule has 1 saturated heterocycles. The van der Waals surface area contributed by atoms with Gasteiger partial charge in [0.25, 0.3) is 5.91 Å². The second kappa shape index (κ2) is 9.73.